The highest BCUT2D eigenvalue weighted by Crippen LogP contribution is 2.48. The summed E-state index contributed by atoms with van der Waals surface area (Å²) in [5, 5.41) is 29.3. The second-order valence-electron chi connectivity index (χ2n) is 26.5. The van der Waals surface area contributed by atoms with Crippen LogP contribution in [0.4, 0.5) is 0 Å². The first-order valence-corrected chi connectivity index (χ1v) is 36.6. The summed E-state index contributed by atoms with van der Waals surface area (Å²) >= 11 is 0. The molecule has 9 aromatic carbocycles. The Morgan fingerprint density at radius 2 is 0.587 bits per heavy atom. The van der Waals surface area contributed by atoms with Crippen LogP contribution in [0.5, 0.6) is 11.5 Å². The minimum atomic E-state index is -0.805. The second kappa shape index (κ2) is 38.3. The lowest BCUT2D eigenvalue weighted by atomic mass is 9.82. The zero-order valence-corrected chi connectivity index (χ0v) is 56.8. The summed E-state index contributed by atoms with van der Waals surface area (Å²) in [6.07, 6.45) is 36.1. The quantitative estimate of drug-likeness (QED) is 0.0296. The van der Waals surface area contributed by atoms with Crippen molar-refractivity contribution in [1.29, 1.82) is 0 Å². The van der Waals surface area contributed by atoms with Gasteiger partial charge in [0.1, 0.15) is 23.7 Å². The number of fused-ring (bicyclic) bond motifs is 2. The topological polar surface area (TPSA) is 58.9 Å². The Labute approximate surface area is 555 Å². The highest BCUT2D eigenvalue weighted by atomic mass is 16.5. The number of hydrogen-bond donors (Lipinski definition) is 2. The smallest absolute Gasteiger partial charge is 0.119 e. The average Bonchev–Trinajstić information content (AvgIpc) is 0.746. The average molecular weight is 1230 g/mol. The van der Waals surface area contributed by atoms with Crippen LogP contribution in [-0.4, -0.2) is 23.4 Å². The lowest BCUT2D eigenvalue weighted by Gasteiger charge is -2.22. The van der Waals surface area contributed by atoms with Crippen LogP contribution in [0.1, 0.15) is 253 Å². The number of aliphatic hydroxyl groups excluding tert-OH is 2. The van der Waals surface area contributed by atoms with E-state index in [-0.39, 0.29) is 0 Å². The van der Waals surface area contributed by atoms with E-state index in [0.717, 1.165) is 125 Å². The van der Waals surface area contributed by atoms with E-state index in [1.807, 2.05) is 0 Å². The first-order chi connectivity index (χ1) is 45.4. The van der Waals surface area contributed by atoms with Gasteiger partial charge in [-0.3, -0.25) is 0 Å². The zero-order valence-electron chi connectivity index (χ0n) is 56.8. The van der Waals surface area contributed by atoms with E-state index in [0.29, 0.717) is 13.2 Å². The summed E-state index contributed by atoms with van der Waals surface area (Å²) in [5.74, 6) is 1.76. The Bertz CT molecular complexity index is 3320. The van der Waals surface area contributed by atoms with Crippen LogP contribution in [0.25, 0.3) is 66.1 Å². The molecule has 0 amide bonds. The van der Waals surface area contributed by atoms with Crippen molar-refractivity contribution in [2.24, 2.45) is 0 Å². The number of rotatable bonds is 42. The number of aryl methyl sites for hydroxylation is 2. The van der Waals surface area contributed by atoms with Crippen molar-refractivity contribution in [3.8, 4) is 56.0 Å². The molecule has 2 atom stereocenters. The Hall–Kier alpha value is -6.98. The molecule has 0 radical (unpaired) electrons. The molecule has 0 fully saturated rings. The molecule has 0 saturated heterocycles. The van der Waals surface area contributed by atoms with E-state index in [4.69, 9.17) is 9.47 Å². The summed E-state index contributed by atoms with van der Waals surface area (Å²) in [6, 6.07) is 65.7. The zero-order chi connectivity index (χ0) is 64.0. The molecule has 0 heterocycles. The van der Waals surface area contributed by atoms with Crippen LogP contribution < -0.4 is 9.47 Å². The molecule has 0 bridgehead atoms. The predicted octanol–water partition coefficient (Wildman–Crippen LogP) is 25.7. The molecular formula is C88H110O4. The fourth-order valence-corrected chi connectivity index (χ4v) is 13.8. The maximum Gasteiger partial charge on any atom is 0.119 e. The van der Waals surface area contributed by atoms with Crippen molar-refractivity contribution in [2.45, 2.75) is 233 Å². The van der Waals surface area contributed by atoms with E-state index < -0.39 is 12.2 Å². The first kappa shape index (κ1) is 69.4. The molecule has 0 saturated carbocycles. The molecule has 4 nitrogen and oxygen atoms in total. The fourth-order valence-electron chi connectivity index (χ4n) is 13.8. The Morgan fingerprint density at radius 3 is 0.935 bits per heavy atom. The van der Waals surface area contributed by atoms with E-state index in [9.17, 15) is 10.2 Å². The van der Waals surface area contributed by atoms with Crippen molar-refractivity contribution in [1.82, 2.24) is 0 Å². The molecule has 9 rings (SSSR count). The molecule has 0 aliphatic carbocycles. The van der Waals surface area contributed by atoms with Gasteiger partial charge in [-0.1, -0.05) is 327 Å². The van der Waals surface area contributed by atoms with E-state index in [2.05, 4.69) is 210 Å². The number of benzene rings is 9. The van der Waals surface area contributed by atoms with Crippen molar-refractivity contribution in [2.75, 3.05) is 13.2 Å². The van der Waals surface area contributed by atoms with Crippen molar-refractivity contribution < 1.29 is 19.7 Å². The normalized spacial score (nSPS) is 12.2. The van der Waals surface area contributed by atoms with Crippen LogP contribution in [-0.2, 0) is 12.8 Å². The fraction of sp³-hybridized carbons (Fsp3) is 0.432. The van der Waals surface area contributed by atoms with Crippen LogP contribution >= 0.6 is 0 Å². The van der Waals surface area contributed by atoms with Gasteiger partial charge in [0.2, 0.25) is 0 Å². The molecular weight excluding hydrogens is 1120 g/mol. The van der Waals surface area contributed by atoms with E-state index in [1.54, 1.807) is 0 Å². The third-order valence-electron chi connectivity index (χ3n) is 19.3. The third-order valence-corrected chi connectivity index (χ3v) is 19.3. The summed E-state index contributed by atoms with van der Waals surface area (Å²) in [5.41, 5.74) is 14.8. The van der Waals surface area contributed by atoms with Gasteiger partial charge in [-0.15, -0.1) is 0 Å². The predicted molar refractivity (Wildman–Crippen MR) is 395 cm³/mol. The Kier molecular flexibility index (Phi) is 28.8. The standard InChI is InChI=1S/C88H110O4/c1-5-9-13-17-21-23-25-29-37-67-43-47-71(48-44-67)87(89)81-41-33-31-39-77(81)73-55-61-79-83(65-73)85(69-51-57-75(58-52-69)91-63-35-27-19-15-11-7-3)80-62-56-74(66-84(80)86(79)70-53-59-76(60-54-70)92-64-36-28-20-16-12-8-4)78-40-32-34-42-82(78)88(90)72-49-45-68(46-50-72)38-30-26-24-22-18-14-10-6-2/h31-34,39-62,65-66,87-90H,5-30,35-38,63-64H2,1-4H3. The number of aliphatic hydroxyl groups is 2. The summed E-state index contributed by atoms with van der Waals surface area (Å²) < 4.78 is 12.9. The van der Waals surface area contributed by atoms with Crippen molar-refractivity contribution in [3.05, 3.63) is 215 Å². The van der Waals surface area contributed by atoms with Crippen LogP contribution in [0.2, 0.25) is 0 Å². The van der Waals surface area contributed by atoms with Crippen LogP contribution in [0.3, 0.4) is 0 Å². The number of unbranched alkanes of at least 4 members (excludes halogenated alkanes) is 24. The molecule has 0 aromatic heterocycles. The van der Waals surface area contributed by atoms with Gasteiger partial charge < -0.3 is 19.7 Å². The molecule has 0 spiro atoms. The molecule has 2 N–H and O–H groups in total. The van der Waals surface area contributed by atoms with Gasteiger partial charge in [-0.05, 0) is 174 Å². The van der Waals surface area contributed by atoms with Gasteiger partial charge >= 0.3 is 0 Å². The lowest BCUT2D eigenvalue weighted by Crippen LogP contribution is -2.03. The van der Waals surface area contributed by atoms with E-state index in [1.165, 1.54) is 178 Å². The molecule has 0 aliphatic rings. The van der Waals surface area contributed by atoms with Crippen molar-refractivity contribution >= 4 is 21.5 Å². The summed E-state index contributed by atoms with van der Waals surface area (Å²) in [6.45, 7) is 10.5. The maximum absolute atomic E-state index is 12.4. The SMILES string of the molecule is CCCCCCCCCCc1ccc(C(O)c2ccccc2-c2ccc3c(-c4ccc(OCCCCCCCC)cc4)c4cc(-c5ccccc5C(O)c5ccc(CCCCCCCCCC)cc5)ccc4c(-c4ccc(OCCCCCCCC)cc4)c3c2)cc1. The summed E-state index contributed by atoms with van der Waals surface area (Å²) in [4.78, 5) is 0. The van der Waals surface area contributed by atoms with E-state index >= 15 is 0 Å². The lowest BCUT2D eigenvalue weighted by molar-refractivity contribution is 0.220. The number of ether oxygens (including phenoxy) is 2. The first-order valence-electron chi connectivity index (χ1n) is 36.6. The van der Waals surface area contributed by atoms with Crippen LogP contribution in [0, 0.1) is 0 Å². The maximum atomic E-state index is 12.4. The second-order valence-corrected chi connectivity index (χ2v) is 26.5. The molecule has 92 heavy (non-hydrogen) atoms. The Balaban J connectivity index is 1.10. The van der Waals surface area contributed by atoms with Crippen molar-refractivity contribution in [3.63, 3.8) is 0 Å². The summed E-state index contributed by atoms with van der Waals surface area (Å²) in [7, 11) is 0. The molecule has 486 valence electrons. The minimum Gasteiger partial charge on any atom is -0.494 e. The highest BCUT2D eigenvalue weighted by Gasteiger charge is 2.23. The van der Waals surface area contributed by atoms with Crippen LogP contribution in [0.15, 0.2) is 182 Å². The monoisotopic (exact) mass is 1230 g/mol. The Morgan fingerprint density at radius 1 is 0.283 bits per heavy atom. The van der Waals surface area contributed by atoms with Gasteiger partial charge in [-0.2, -0.15) is 0 Å². The largest absolute Gasteiger partial charge is 0.494 e. The molecule has 2 unspecified atom stereocenters. The molecule has 9 aromatic rings. The van der Waals surface area contributed by atoms with Gasteiger partial charge in [-0.25, -0.2) is 0 Å². The molecule has 0 aliphatic heterocycles. The minimum absolute atomic E-state index is 0.705. The van der Waals surface area contributed by atoms with Gasteiger partial charge in [0.25, 0.3) is 0 Å². The van der Waals surface area contributed by atoms with Gasteiger partial charge in [0.05, 0.1) is 13.2 Å². The highest BCUT2D eigenvalue weighted by molar-refractivity contribution is 6.22. The third kappa shape index (κ3) is 20.0. The van der Waals surface area contributed by atoms with Gasteiger partial charge in [0.15, 0.2) is 0 Å². The van der Waals surface area contributed by atoms with Gasteiger partial charge in [0, 0.05) is 0 Å². The molecule has 4 heteroatoms. The number of hydrogen-bond acceptors (Lipinski definition) is 4.